The molecule has 4 heteroatoms. The van der Waals surface area contributed by atoms with Crippen molar-refractivity contribution < 1.29 is 9.90 Å². The first-order chi connectivity index (χ1) is 7.59. The van der Waals surface area contributed by atoms with Gasteiger partial charge in [0.2, 0.25) is 0 Å². The maximum absolute atomic E-state index is 11.3. The maximum atomic E-state index is 11.3. The number of phenolic OH excluding ortho intramolecular Hbond substituents is 1. The molecule has 0 heterocycles. The van der Waals surface area contributed by atoms with Crippen LogP contribution in [-0.2, 0) is 0 Å². The quantitative estimate of drug-likeness (QED) is 0.673. The van der Waals surface area contributed by atoms with Gasteiger partial charge in [-0.25, -0.2) is 0 Å². The van der Waals surface area contributed by atoms with Gasteiger partial charge in [0.05, 0.1) is 21.7 Å². The minimum absolute atomic E-state index is 0.221. The molecule has 0 spiro atoms. The number of aldehydes is 1. The predicted octanol–water partition coefficient (Wildman–Crippen LogP) is 2.30. The molecule has 0 fully saturated rings. The van der Waals surface area contributed by atoms with E-state index in [9.17, 15) is 9.90 Å². The molecular weight excluding hydrogens is 244 g/mol. The molecular formula is C13H22O2Si2. The average molecular weight is 266 g/mol. The van der Waals surface area contributed by atoms with Gasteiger partial charge in [0.15, 0.2) is 6.29 Å². The number of rotatable bonds is 3. The zero-order chi connectivity index (χ0) is 13.4. The molecule has 94 valence electrons. The predicted molar refractivity (Wildman–Crippen MR) is 79.5 cm³/mol. The van der Waals surface area contributed by atoms with Crippen LogP contribution in [0.15, 0.2) is 12.1 Å². The third-order valence-electron chi connectivity index (χ3n) is 2.95. The van der Waals surface area contributed by atoms with E-state index in [2.05, 4.69) is 39.3 Å². The van der Waals surface area contributed by atoms with Gasteiger partial charge in [0.1, 0.15) is 5.75 Å². The molecule has 2 nitrogen and oxygen atoms in total. The smallest absolute Gasteiger partial charge is 0.153 e. The summed E-state index contributed by atoms with van der Waals surface area (Å²) >= 11 is 0. The number of phenols is 1. The highest BCUT2D eigenvalue weighted by molar-refractivity contribution is 6.91. The molecule has 0 aliphatic carbocycles. The topological polar surface area (TPSA) is 37.3 Å². The van der Waals surface area contributed by atoms with Gasteiger partial charge in [0.25, 0.3) is 0 Å². The molecule has 0 aliphatic rings. The summed E-state index contributed by atoms with van der Waals surface area (Å²) in [6.07, 6.45) is 0.812. The van der Waals surface area contributed by atoms with Crippen LogP contribution in [0, 0.1) is 0 Å². The Morgan fingerprint density at radius 1 is 0.941 bits per heavy atom. The highest BCUT2D eigenvalue weighted by Crippen LogP contribution is 2.18. The van der Waals surface area contributed by atoms with Gasteiger partial charge >= 0.3 is 0 Å². The molecule has 0 amide bonds. The second kappa shape index (κ2) is 4.42. The van der Waals surface area contributed by atoms with E-state index in [1.54, 1.807) is 0 Å². The molecule has 17 heavy (non-hydrogen) atoms. The van der Waals surface area contributed by atoms with Crippen LogP contribution >= 0.6 is 0 Å². The lowest BCUT2D eigenvalue weighted by molar-refractivity contribution is 0.112. The minimum atomic E-state index is -1.60. The van der Waals surface area contributed by atoms with E-state index < -0.39 is 16.1 Å². The van der Waals surface area contributed by atoms with Gasteiger partial charge in [-0.15, -0.1) is 0 Å². The summed E-state index contributed by atoms with van der Waals surface area (Å²) in [5.41, 5.74) is 0.518. The van der Waals surface area contributed by atoms with Crippen molar-refractivity contribution in [2.75, 3.05) is 0 Å². The Hall–Kier alpha value is -0.876. The molecule has 0 unspecified atom stereocenters. The molecule has 1 N–H and O–H groups in total. The van der Waals surface area contributed by atoms with Crippen molar-refractivity contribution in [3.63, 3.8) is 0 Å². The molecule has 0 aromatic heterocycles. The van der Waals surface area contributed by atoms with Crippen molar-refractivity contribution in [1.82, 2.24) is 0 Å². The molecule has 0 atom stereocenters. The first-order valence-electron chi connectivity index (χ1n) is 5.91. The normalized spacial score (nSPS) is 12.6. The van der Waals surface area contributed by atoms with Crippen molar-refractivity contribution in [1.29, 1.82) is 0 Å². The number of aromatic hydroxyl groups is 1. The van der Waals surface area contributed by atoms with E-state index in [0.717, 1.165) is 16.7 Å². The molecule has 0 aliphatic heterocycles. The van der Waals surface area contributed by atoms with Crippen molar-refractivity contribution in [3.8, 4) is 5.75 Å². The second-order valence-corrected chi connectivity index (χ2v) is 16.6. The number of hydrogen-bond donors (Lipinski definition) is 1. The van der Waals surface area contributed by atoms with Gasteiger partial charge in [-0.3, -0.25) is 4.79 Å². The Morgan fingerprint density at radius 2 is 1.35 bits per heavy atom. The summed E-state index contributed by atoms with van der Waals surface area (Å²) in [6, 6.07) is 4.06. The van der Waals surface area contributed by atoms with Crippen LogP contribution in [0.3, 0.4) is 0 Å². The van der Waals surface area contributed by atoms with Crippen molar-refractivity contribution >= 4 is 32.8 Å². The lowest BCUT2D eigenvalue weighted by Gasteiger charge is -2.24. The van der Waals surface area contributed by atoms with Crippen LogP contribution in [-0.4, -0.2) is 27.5 Å². The molecule has 0 bridgehead atoms. The fourth-order valence-corrected chi connectivity index (χ4v) is 4.98. The van der Waals surface area contributed by atoms with Crippen molar-refractivity contribution in [2.24, 2.45) is 0 Å². The summed E-state index contributed by atoms with van der Waals surface area (Å²) in [7, 11) is -3.19. The summed E-state index contributed by atoms with van der Waals surface area (Å²) in [4.78, 5) is 11.3. The van der Waals surface area contributed by atoms with Crippen LogP contribution < -0.4 is 10.4 Å². The Kier molecular flexibility index (Phi) is 3.69. The SMILES string of the molecule is C[Si](C)(C)c1ccc([Si](C)(C)C)c(C=O)c1O. The van der Waals surface area contributed by atoms with E-state index in [4.69, 9.17) is 0 Å². The van der Waals surface area contributed by atoms with Crippen molar-refractivity contribution in [2.45, 2.75) is 39.3 Å². The number of carbonyl (C=O) groups is 1. The Bertz CT molecular complexity index is 440. The fraction of sp³-hybridized carbons (Fsp3) is 0.462. The summed E-state index contributed by atoms with van der Waals surface area (Å²) < 4.78 is 0. The Balaban J connectivity index is 3.54. The van der Waals surface area contributed by atoms with Crippen LogP contribution in [0.4, 0.5) is 0 Å². The van der Waals surface area contributed by atoms with Gasteiger partial charge in [0, 0.05) is 0 Å². The largest absolute Gasteiger partial charge is 0.507 e. The Labute approximate surface area is 106 Å². The number of benzene rings is 1. The van der Waals surface area contributed by atoms with Crippen LogP contribution in [0.2, 0.25) is 39.3 Å². The fourth-order valence-electron chi connectivity index (χ4n) is 1.99. The summed E-state index contributed by atoms with van der Waals surface area (Å²) in [6.45, 7) is 13.1. The highest BCUT2D eigenvalue weighted by Gasteiger charge is 2.27. The van der Waals surface area contributed by atoms with Gasteiger partial charge in [-0.05, 0) is 10.4 Å². The average Bonchev–Trinajstić information content (AvgIpc) is 2.13. The molecule has 1 rings (SSSR count). The standard InChI is InChI=1S/C13H22O2Si2/c1-16(2,3)11-7-8-12(17(4,5)6)13(15)10(11)9-14/h7-9,15H,1-6H3. The van der Waals surface area contributed by atoms with Gasteiger partial charge in [-0.1, -0.05) is 51.4 Å². The monoisotopic (exact) mass is 266 g/mol. The van der Waals surface area contributed by atoms with Crippen LogP contribution in [0.25, 0.3) is 0 Å². The minimum Gasteiger partial charge on any atom is -0.507 e. The van der Waals surface area contributed by atoms with Gasteiger partial charge < -0.3 is 5.11 Å². The highest BCUT2D eigenvalue weighted by atomic mass is 28.3. The lowest BCUT2D eigenvalue weighted by atomic mass is 10.2. The third-order valence-corrected chi connectivity index (χ3v) is 7.02. The van der Waals surface area contributed by atoms with E-state index in [0.29, 0.717) is 5.56 Å². The number of hydrogen-bond acceptors (Lipinski definition) is 2. The molecule has 0 radical (unpaired) electrons. The molecule has 0 saturated carbocycles. The van der Waals surface area contributed by atoms with Gasteiger partial charge in [-0.2, -0.15) is 0 Å². The lowest BCUT2D eigenvalue weighted by Crippen LogP contribution is -2.44. The first-order valence-corrected chi connectivity index (χ1v) is 12.9. The van der Waals surface area contributed by atoms with E-state index in [-0.39, 0.29) is 5.75 Å². The maximum Gasteiger partial charge on any atom is 0.153 e. The summed E-state index contributed by atoms with van der Waals surface area (Å²) in [5.74, 6) is 0.221. The Morgan fingerprint density at radius 3 is 1.71 bits per heavy atom. The number of carbonyl (C=O) groups excluding carboxylic acids is 1. The molecule has 1 aromatic carbocycles. The zero-order valence-electron chi connectivity index (χ0n) is 11.6. The third kappa shape index (κ3) is 2.87. The van der Waals surface area contributed by atoms with Crippen LogP contribution in [0.5, 0.6) is 5.75 Å². The first kappa shape index (κ1) is 14.2. The zero-order valence-corrected chi connectivity index (χ0v) is 13.6. The summed E-state index contributed by atoms with van der Waals surface area (Å²) in [5, 5.41) is 12.3. The van der Waals surface area contributed by atoms with E-state index in [1.165, 1.54) is 0 Å². The van der Waals surface area contributed by atoms with E-state index in [1.807, 2.05) is 12.1 Å². The molecule has 1 aromatic rings. The second-order valence-electron chi connectivity index (χ2n) is 6.54. The van der Waals surface area contributed by atoms with Crippen molar-refractivity contribution in [3.05, 3.63) is 17.7 Å². The molecule has 0 saturated heterocycles. The van der Waals surface area contributed by atoms with E-state index >= 15 is 0 Å². The van der Waals surface area contributed by atoms with Crippen LogP contribution in [0.1, 0.15) is 10.4 Å².